The summed E-state index contributed by atoms with van der Waals surface area (Å²) >= 11 is 0. The maximum atomic E-state index is 12.8. The number of hydrogen-bond acceptors (Lipinski definition) is 3. The van der Waals surface area contributed by atoms with Crippen LogP contribution in [0.5, 0.6) is 0 Å². The molecule has 0 heterocycles. The van der Waals surface area contributed by atoms with E-state index in [-0.39, 0.29) is 18.2 Å². The first-order valence-electron chi connectivity index (χ1n) is 11.0. The van der Waals surface area contributed by atoms with Gasteiger partial charge in [0.2, 0.25) is 0 Å². The lowest BCUT2D eigenvalue weighted by Gasteiger charge is -2.18. The van der Waals surface area contributed by atoms with Crippen LogP contribution in [0.15, 0.2) is 47.1 Å². The highest BCUT2D eigenvalue weighted by Gasteiger charge is 2.28. The van der Waals surface area contributed by atoms with Crippen LogP contribution in [0, 0.1) is 11.8 Å². The van der Waals surface area contributed by atoms with E-state index in [1.807, 2.05) is 6.07 Å². The number of aliphatic hydroxyl groups is 1. The number of ketones is 2. The maximum absolute atomic E-state index is 12.8. The van der Waals surface area contributed by atoms with Gasteiger partial charge in [-0.15, -0.1) is 0 Å². The number of Topliss-reactive ketones (excluding diaryl/α,β-unsaturated/α-hetero) is 2. The summed E-state index contributed by atoms with van der Waals surface area (Å²) < 4.78 is 0. The normalized spacial score (nSPS) is 16.8. The molecule has 29 heavy (non-hydrogen) atoms. The van der Waals surface area contributed by atoms with Gasteiger partial charge in [-0.1, -0.05) is 69.0 Å². The van der Waals surface area contributed by atoms with Crippen molar-refractivity contribution < 1.29 is 14.7 Å². The number of aliphatic hydroxyl groups excluding tert-OH is 1. The Balaban J connectivity index is 1.83. The van der Waals surface area contributed by atoms with Crippen LogP contribution in [0.25, 0.3) is 0 Å². The third-order valence-electron chi connectivity index (χ3n) is 6.11. The monoisotopic (exact) mass is 396 g/mol. The fourth-order valence-electron chi connectivity index (χ4n) is 3.95. The van der Waals surface area contributed by atoms with Gasteiger partial charge in [0.1, 0.15) is 0 Å². The van der Waals surface area contributed by atoms with Crippen LogP contribution < -0.4 is 0 Å². The van der Waals surface area contributed by atoms with Crippen LogP contribution in [0.3, 0.4) is 0 Å². The van der Waals surface area contributed by atoms with Crippen LogP contribution in [0.2, 0.25) is 0 Å². The molecular weight excluding hydrogens is 360 g/mol. The highest BCUT2D eigenvalue weighted by Crippen LogP contribution is 2.28. The van der Waals surface area contributed by atoms with Crippen molar-refractivity contribution in [3.05, 3.63) is 58.2 Å². The topological polar surface area (TPSA) is 54.4 Å². The number of rotatable bonds is 11. The van der Waals surface area contributed by atoms with Gasteiger partial charge >= 0.3 is 0 Å². The molecule has 2 rings (SSSR count). The van der Waals surface area contributed by atoms with Gasteiger partial charge in [0.15, 0.2) is 11.6 Å². The van der Waals surface area contributed by atoms with E-state index in [4.69, 9.17) is 5.11 Å². The highest BCUT2D eigenvalue weighted by atomic mass is 16.3. The molecular formula is C26H36O3. The molecule has 1 N–H and O–H groups in total. The van der Waals surface area contributed by atoms with Crippen molar-refractivity contribution in [2.75, 3.05) is 6.61 Å². The van der Waals surface area contributed by atoms with Gasteiger partial charge < -0.3 is 5.11 Å². The largest absolute Gasteiger partial charge is 0.396 e. The van der Waals surface area contributed by atoms with Crippen molar-refractivity contribution in [3.63, 3.8) is 0 Å². The van der Waals surface area contributed by atoms with Gasteiger partial charge in [-0.3, -0.25) is 9.59 Å². The maximum Gasteiger partial charge on any atom is 0.190 e. The zero-order valence-corrected chi connectivity index (χ0v) is 18.5. The molecule has 0 amide bonds. The van der Waals surface area contributed by atoms with Crippen LogP contribution in [-0.4, -0.2) is 23.3 Å². The number of carbonyl (C=O) groups excluding carboxylic acids is 2. The number of benzene rings is 1. The molecule has 0 saturated heterocycles. The molecule has 1 aliphatic carbocycles. The molecule has 1 aromatic rings. The minimum Gasteiger partial charge on any atom is -0.396 e. The molecule has 2 unspecified atom stereocenters. The molecule has 3 nitrogen and oxygen atoms in total. The quantitative estimate of drug-likeness (QED) is 0.445. The second kappa shape index (κ2) is 11.3. The van der Waals surface area contributed by atoms with E-state index in [9.17, 15) is 9.59 Å². The van der Waals surface area contributed by atoms with E-state index in [2.05, 4.69) is 26.8 Å². The Bertz CT molecular complexity index is 785. The predicted octanol–water partition coefficient (Wildman–Crippen LogP) is 6.32. The van der Waals surface area contributed by atoms with Gasteiger partial charge in [-0.25, -0.2) is 0 Å². The Kier molecular flexibility index (Phi) is 9.03. The summed E-state index contributed by atoms with van der Waals surface area (Å²) in [5.74, 6) is 1.08. The van der Waals surface area contributed by atoms with Gasteiger partial charge in [0, 0.05) is 28.9 Å². The average molecular weight is 397 g/mol. The predicted molar refractivity (Wildman–Crippen MR) is 119 cm³/mol. The summed E-state index contributed by atoms with van der Waals surface area (Å²) in [6.07, 6.45) is 9.53. The molecule has 0 aromatic heterocycles. The van der Waals surface area contributed by atoms with Crippen molar-refractivity contribution in [2.45, 2.75) is 72.6 Å². The van der Waals surface area contributed by atoms with Crippen molar-refractivity contribution in [1.29, 1.82) is 0 Å². The molecule has 0 radical (unpaired) electrons. The minimum absolute atomic E-state index is 0.00696. The lowest BCUT2D eigenvalue weighted by Crippen LogP contribution is -2.20. The first-order valence-corrected chi connectivity index (χ1v) is 11.0. The number of fused-ring (bicyclic) bond motifs is 1. The van der Waals surface area contributed by atoms with E-state index in [0.717, 1.165) is 19.3 Å². The Morgan fingerprint density at radius 2 is 1.55 bits per heavy atom. The van der Waals surface area contributed by atoms with Crippen LogP contribution >= 0.6 is 0 Å². The van der Waals surface area contributed by atoms with Gasteiger partial charge in [-0.05, 0) is 51.4 Å². The fourth-order valence-corrected chi connectivity index (χ4v) is 3.95. The lowest BCUT2D eigenvalue weighted by atomic mass is 9.83. The van der Waals surface area contributed by atoms with Gasteiger partial charge in [-0.2, -0.15) is 0 Å². The Morgan fingerprint density at radius 1 is 0.966 bits per heavy atom. The summed E-state index contributed by atoms with van der Waals surface area (Å²) in [6.45, 7) is 8.58. The Morgan fingerprint density at radius 3 is 2.21 bits per heavy atom. The third kappa shape index (κ3) is 6.50. The highest BCUT2D eigenvalue weighted by molar-refractivity contribution is 6.26. The number of hydrogen-bond donors (Lipinski definition) is 1. The molecule has 158 valence electrons. The SMILES string of the molecule is CC1=C(C/C=C(\C)CCCC(C)CCCC(C)CO)C(=O)c2ccccc2C1=O. The smallest absolute Gasteiger partial charge is 0.190 e. The lowest BCUT2D eigenvalue weighted by molar-refractivity contribution is 0.0973. The molecule has 0 saturated carbocycles. The molecule has 0 aliphatic heterocycles. The standard InChI is InChI=1S/C26H36O3/c1-18(10-8-12-20(3)17-27)9-7-11-19(2)15-16-22-21(4)25(28)23-13-5-6-14-24(23)26(22)29/h5-6,13-15,18,20,27H,7-12,16-17H2,1-4H3/b19-15+. The van der Waals surface area contributed by atoms with Gasteiger partial charge in [0.05, 0.1) is 0 Å². The number of allylic oxidation sites excluding steroid dienone is 4. The molecule has 3 heteroatoms. The van der Waals surface area contributed by atoms with Gasteiger partial charge in [0.25, 0.3) is 0 Å². The van der Waals surface area contributed by atoms with Crippen LogP contribution in [0.1, 0.15) is 93.4 Å². The molecule has 0 bridgehead atoms. The van der Waals surface area contributed by atoms with Crippen LogP contribution in [-0.2, 0) is 0 Å². The van der Waals surface area contributed by atoms with E-state index in [1.54, 1.807) is 25.1 Å². The van der Waals surface area contributed by atoms with E-state index in [0.29, 0.717) is 40.5 Å². The zero-order chi connectivity index (χ0) is 21.4. The second-order valence-electron chi connectivity index (χ2n) is 8.78. The van der Waals surface area contributed by atoms with E-state index >= 15 is 0 Å². The van der Waals surface area contributed by atoms with Crippen molar-refractivity contribution in [3.8, 4) is 0 Å². The molecule has 2 atom stereocenters. The molecule has 1 aromatic carbocycles. The molecule has 0 fully saturated rings. The average Bonchev–Trinajstić information content (AvgIpc) is 2.72. The molecule has 1 aliphatic rings. The van der Waals surface area contributed by atoms with Crippen LogP contribution in [0.4, 0.5) is 0 Å². The van der Waals surface area contributed by atoms with Crippen molar-refractivity contribution in [2.24, 2.45) is 11.8 Å². The second-order valence-corrected chi connectivity index (χ2v) is 8.78. The summed E-state index contributed by atoms with van der Waals surface area (Å²) in [5, 5.41) is 9.09. The summed E-state index contributed by atoms with van der Waals surface area (Å²) in [4.78, 5) is 25.4. The minimum atomic E-state index is -0.0226. The summed E-state index contributed by atoms with van der Waals surface area (Å²) in [5.41, 5.74) is 3.57. The van der Waals surface area contributed by atoms with E-state index in [1.165, 1.54) is 24.8 Å². The fraction of sp³-hybridized carbons (Fsp3) is 0.538. The zero-order valence-electron chi connectivity index (χ0n) is 18.5. The summed E-state index contributed by atoms with van der Waals surface area (Å²) in [7, 11) is 0. The summed E-state index contributed by atoms with van der Waals surface area (Å²) in [6, 6.07) is 7.11. The first-order chi connectivity index (χ1) is 13.8. The Labute approximate surface area is 175 Å². The Hall–Kier alpha value is -2.00. The van der Waals surface area contributed by atoms with Crippen molar-refractivity contribution in [1.82, 2.24) is 0 Å². The van der Waals surface area contributed by atoms with Crippen molar-refractivity contribution >= 4 is 11.6 Å². The molecule has 0 spiro atoms. The first kappa shape index (κ1) is 23.3. The third-order valence-corrected chi connectivity index (χ3v) is 6.11. The van der Waals surface area contributed by atoms with E-state index < -0.39 is 0 Å². The number of carbonyl (C=O) groups is 2.